The van der Waals surface area contributed by atoms with Gasteiger partial charge in [-0.15, -0.1) is 0 Å². The lowest BCUT2D eigenvalue weighted by molar-refractivity contribution is 0.362. The highest BCUT2D eigenvalue weighted by atomic mass is 16.5. The van der Waals surface area contributed by atoms with Crippen molar-refractivity contribution in [1.29, 1.82) is 0 Å². The van der Waals surface area contributed by atoms with E-state index in [2.05, 4.69) is 103 Å². The number of nitrogens with one attached hydrogen (secondary N) is 1. The quantitative estimate of drug-likeness (QED) is 0.441. The first-order chi connectivity index (χ1) is 17.2. The summed E-state index contributed by atoms with van der Waals surface area (Å²) in [4.78, 5) is 4.56. The fourth-order valence-corrected chi connectivity index (χ4v) is 4.24. The molecular weight excluding hydrogens is 428 g/mol. The number of allylic oxidation sites excluding steroid dienone is 4. The third-order valence-corrected chi connectivity index (χ3v) is 6.44. The topological polar surface area (TPSA) is 34.1 Å². The van der Waals surface area contributed by atoms with E-state index in [-0.39, 0.29) is 6.04 Å². The first-order valence-electron chi connectivity index (χ1n) is 12.3. The monoisotopic (exact) mass is 462 g/mol. The third kappa shape index (κ3) is 6.91. The van der Waals surface area contributed by atoms with Gasteiger partial charge in [0.1, 0.15) is 12.4 Å². The molecule has 1 aromatic heterocycles. The van der Waals surface area contributed by atoms with Gasteiger partial charge in [0.15, 0.2) is 0 Å². The molecule has 0 saturated carbocycles. The molecule has 1 aliphatic rings. The zero-order valence-corrected chi connectivity index (χ0v) is 20.6. The summed E-state index contributed by atoms with van der Waals surface area (Å²) in [5.41, 5.74) is 5.95. The van der Waals surface area contributed by atoms with E-state index in [9.17, 15) is 0 Å². The molecule has 0 amide bonds. The largest absolute Gasteiger partial charge is 0.489 e. The molecule has 0 fully saturated rings. The van der Waals surface area contributed by atoms with Crippen molar-refractivity contribution in [3.63, 3.8) is 0 Å². The summed E-state index contributed by atoms with van der Waals surface area (Å²) < 4.78 is 5.94. The number of nitrogens with zero attached hydrogens (tertiary/aromatic N) is 1. The molecule has 1 N–H and O–H groups in total. The standard InChI is InChI=1S/C32H34N2O/c1-25-13-10-12-24-35-32-20-8-5-16-28(32)15-4-7-18-30(26(25)2)34-23-21-27-14-3-6-17-29(27)31-19-9-11-22-33-31/h3-20,22,26,30,34H,21,23-24H2,1-2H3/b12-10-,15-4?,18-7-,25-13-. The third-order valence-electron chi connectivity index (χ3n) is 6.44. The predicted octanol–water partition coefficient (Wildman–Crippen LogP) is 7.05. The van der Waals surface area contributed by atoms with E-state index in [0.29, 0.717) is 12.5 Å². The Morgan fingerprint density at radius 1 is 0.943 bits per heavy atom. The van der Waals surface area contributed by atoms with Crippen LogP contribution in [0.15, 0.2) is 115 Å². The van der Waals surface area contributed by atoms with E-state index < -0.39 is 0 Å². The Hall–Kier alpha value is -3.69. The van der Waals surface area contributed by atoms with E-state index >= 15 is 0 Å². The summed E-state index contributed by atoms with van der Waals surface area (Å²) in [6, 6.07) is 23.0. The Kier molecular flexibility index (Phi) is 8.85. The second-order valence-electron chi connectivity index (χ2n) is 8.82. The van der Waals surface area contributed by atoms with Gasteiger partial charge >= 0.3 is 0 Å². The lowest BCUT2D eigenvalue weighted by atomic mass is 9.92. The van der Waals surface area contributed by atoms with Crippen molar-refractivity contribution in [3.8, 4) is 17.0 Å². The summed E-state index contributed by atoms with van der Waals surface area (Å²) in [6.45, 7) is 5.92. The molecule has 35 heavy (non-hydrogen) atoms. The van der Waals surface area contributed by atoms with Gasteiger partial charge in [0.05, 0.1) is 5.69 Å². The van der Waals surface area contributed by atoms with Crippen molar-refractivity contribution in [2.45, 2.75) is 26.3 Å². The van der Waals surface area contributed by atoms with Crippen LogP contribution in [0, 0.1) is 5.92 Å². The van der Waals surface area contributed by atoms with Gasteiger partial charge in [-0.1, -0.05) is 97.5 Å². The molecule has 2 aromatic carbocycles. The summed E-state index contributed by atoms with van der Waals surface area (Å²) in [6.07, 6.45) is 17.8. The van der Waals surface area contributed by atoms with Gasteiger partial charge in [-0.3, -0.25) is 4.98 Å². The van der Waals surface area contributed by atoms with Crippen LogP contribution in [0.4, 0.5) is 0 Å². The Balaban J connectivity index is 1.50. The zero-order valence-electron chi connectivity index (χ0n) is 20.6. The van der Waals surface area contributed by atoms with Gasteiger partial charge in [0.25, 0.3) is 0 Å². The molecule has 2 atom stereocenters. The van der Waals surface area contributed by atoms with Crippen molar-refractivity contribution in [3.05, 3.63) is 126 Å². The molecule has 0 aliphatic carbocycles. The van der Waals surface area contributed by atoms with E-state index in [0.717, 1.165) is 30.0 Å². The van der Waals surface area contributed by atoms with Gasteiger partial charge in [0, 0.05) is 23.4 Å². The number of benzene rings is 2. The fourth-order valence-electron chi connectivity index (χ4n) is 4.24. The number of pyridine rings is 1. The summed E-state index contributed by atoms with van der Waals surface area (Å²) in [5, 5.41) is 3.80. The highest BCUT2D eigenvalue weighted by Gasteiger charge is 2.15. The number of hydrogen-bond donors (Lipinski definition) is 1. The average Bonchev–Trinajstić information content (AvgIpc) is 2.90. The lowest BCUT2D eigenvalue weighted by Gasteiger charge is -2.23. The number of fused-ring (bicyclic) bond motifs is 1. The van der Waals surface area contributed by atoms with E-state index in [4.69, 9.17) is 4.74 Å². The van der Waals surface area contributed by atoms with Crippen LogP contribution in [-0.2, 0) is 6.42 Å². The number of aromatic nitrogens is 1. The first kappa shape index (κ1) is 24.4. The minimum Gasteiger partial charge on any atom is -0.489 e. The van der Waals surface area contributed by atoms with Gasteiger partial charge in [0.2, 0.25) is 0 Å². The molecule has 4 rings (SSSR count). The Morgan fingerprint density at radius 2 is 1.77 bits per heavy atom. The smallest absolute Gasteiger partial charge is 0.126 e. The maximum absolute atomic E-state index is 5.94. The van der Waals surface area contributed by atoms with Gasteiger partial charge in [-0.2, -0.15) is 0 Å². The van der Waals surface area contributed by atoms with Crippen molar-refractivity contribution in [2.75, 3.05) is 13.2 Å². The van der Waals surface area contributed by atoms with Crippen LogP contribution in [0.3, 0.4) is 0 Å². The molecule has 3 aromatic rings. The molecule has 3 heteroatoms. The predicted molar refractivity (Wildman–Crippen MR) is 147 cm³/mol. The van der Waals surface area contributed by atoms with Crippen LogP contribution >= 0.6 is 0 Å². The van der Waals surface area contributed by atoms with Crippen LogP contribution in [-0.4, -0.2) is 24.2 Å². The van der Waals surface area contributed by atoms with Gasteiger partial charge in [-0.25, -0.2) is 0 Å². The molecule has 2 unspecified atom stereocenters. The molecular formula is C32H34N2O. The van der Waals surface area contributed by atoms with E-state index in [1.165, 1.54) is 16.7 Å². The maximum Gasteiger partial charge on any atom is 0.126 e. The second-order valence-corrected chi connectivity index (χ2v) is 8.82. The Labute approximate surface area is 209 Å². The molecule has 1 aliphatic heterocycles. The number of para-hydroxylation sites is 1. The minimum atomic E-state index is 0.223. The lowest BCUT2D eigenvalue weighted by Crippen LogP contribution is -2.35. The van der Waals surface area contributed by atoms with Crippen LogP contribution in [0.2, 0.25) is 0 Å². The van der Waals surface area contributed by atoms with Crippen molar-refractivity contribution >= 4 is 6.08 Å². The van der Waals surface area contributed by atoms with Crippen molar-refractivity contribution in [1.82, 2.24) is 10.3 Å². The number of hydrogen-bond acceptors (Lipinski definition) is 3. The Bertz CT molecular complexity index is 1210. The van der Waals surface area contributed by atoms with Crippen LogP contribution in [0.25, 0.3) is 17.3 Å². The summed E-state index contributed by atoms with van der Waals surface area (Å²) >= 11 is 0. The second kappa shape index (κ2) is 12.7. The van der Waals surface area contributed by atoms with Crippen LogP contribution in [0.5, 0.6) is 5.75 Å². The molecule has 0 bridgehead atoms. The zero-order chi connectivity index (χ0) is 24.3. The van der Waals surface area contributed by atoms with Crippen LogP contribution in [0.1, 0.15) is 25.0 Å². The molecule has 0 radical (unpaired) electrons. The highest BCUT2D eigenvalue weighted by molar-refractivity contribution is 5.63. The molecule has 0 spiro atoms. The SMILES string of the molecule is C/C1=C/C=C\COc2ccccc2C=C/C=C\C(NCCc2ccccc2-c2ccccn2)C1C. The molecule has 178 valence electrons. The molecule has 2 heterocycles. The highest BCUT2D eigenvalue weighted by Crippen LogP contribution is 2.23. The van der Waals surface area contributed by atoms with E-state index in [1.807, 2.05) is 36.5 Å². The van der Waals surface area contributed by atoms with Crippen molar-refractivity contribution in [2.24, 2.45) is 5.92 Å². The summed E-state index contributed by atoms with van der Waals surface area (Å²) in [5.74, 6) is 1.25. The minimum absolute atomic E-state index is 0.223. The number of rotatable bonds is 5. The van der Waals surface area contributed by atoms with Gasteiger partial charge in [-0.05, 0) is 55.6 Å². The average molecular weight is 463 g/mol. The maximum atomic E-state index is 5.94. The summed E-state index contributed by atoms with van der Waals surface area (Å²) in [7, 11) is 0. The first-order valence-corrected chi connectivity index (χ1v) is 12.3. The fraction of sp³-hybridized carbons (Fsp3) is 0.219. The molecule has 0 saturated heterocycles. The van der Waals surface area contributed by atoms with E-state index in [1.54, 1.807) is 0 Å². The Morgan fingerprint density at radius 3 is 2.66 bits per heavy atom. The number of ether oxygens (including phenoxy) is 1. The normalized spacial score (nSPS) is 21.6. The van der Waals surface area contributed by atoms with Crippen LogP contribution < -0.4 is 10.1 Å². The van der Waals surface area contributed by atoms with Gasteiger partial charge < -0.3 is 10.1 Å². The van der Waals surface area contributed by atoms with Crippen molar-refractivity contribution < 1.29 is 4.74 Å². The molecule has 3 nitrogen and oxygen atoms in total.